The molecular weight excluding hydrogens is 264 g/mol. The van der Waals surface area contributed by atoms with Gasteiger partial charge in [0, 0.05) is 13.0 Å². The second kappa shape index (κ2) is 5.89. The van der Waals surface area contributed by atoms with E-state index in [1.54, 1.807) is 0 Å². The Hall–Kier alpha value is -2.12. The number of rotatable bonds is 4. The zero-order chi connectivity index (χ0) is 14.7. The number of carbonyl (C=O) groups is 4. The lowest BCUT2D eigenvalue weighted by atomic mass is 10.1. The van der Waals surface area contributed by atoms with Gasteiger partial charge in [-0.1, -0.05) is 0 Å². The lowest BCUT2D eigenvalue weighted by molar-refractivity contribution is -0.140. The molecule has 0 aromatic rings. The summed E-state index contributed by atoms with van der Waals surface area (Å²) in [5.41, 5.74) is 4.97. The minimum atomic E-state index is -0.628. The van der Waals surface area contributed by atoms with Gasteiger partial charge in [-0.05, 0) is 19.3 Å². The Bertz CT molecular complexity index is 451. The van der Waals surface area contributed by atoms with Gasteiger partial charge in [0.15, 0.2) is 0 Å². The summed E-state index contributed by atoms with van der Waals surface area (Å²) in [7, 11) is 0. The first-order chi connectivity index (χ1) is 9.49. The molecule has 2 unspecified atom stereocenters. The van der Waals surface area contributed by atoms with Crippen LogP contribution in [0.4, 0.5) is 0 Å². The molecule has 8 nitrogen and oxygen atoms in total. The molecule has 0 radical (unpaired) electrons. The van der Waals surface area contributed by atoms with Crippen molar-refractivity contribution in [3.05, 3.63) is 0 Å². The van der Waals surface area contributed by atoms with Gasteiger partial charge in [0.25, 0.3) is 0 Å². The fourth-order valence-electron chi connectivity index (χ4n) is 2.59. The standard InChI is InChI=1S/C12H18N4O4/c13-9(17)6-14-11(19)8-2-1-5-16(8)12(20)7-3-4-10(18)15-7/h7-8H,1-6H2,(H2,13,17)(H,14,19)(H,15,18). The van der Waals surface area contributed by atoms with Gasteiger partial charge in [-0.15, -0.1) is 0 Å². The van der Waals surface area contributed by atoms with Crippen molar-refractivity contribution < 1.29 is 19.2 Å². The Kier molecular flexibility index (Phi) is 4.21. The molecule has 0 aromatic carbocycles. The van der Waals surface area contributed by atoms with Crippen LogP contribution in [0, 0.1) is 0 Å². The van der Waals surface area contributed by atoms with Crippen molar-refractivity contribution in [2.24, 2.45) is 5.73 Å². The first kappa shape index (κ1) is 14.3. The minimum Gasteiger partial charge on any atom is -0.368 e. The molecule has 2 rings (SSSR count). The van der Waals surface area contributed by atoms with Crippen molar-refractivity contribution in [3.63, 3.8) is 0 Å². The second-order valence-corrected chi connectivity index (χ2v) is 5.03. The molecule has 0 aromatic heterocycles. The summed E-state index contributed by atoms with van der Waals surface area (Å²) in [4.78, 5) is 47.5. The SMILES string of the molecule is NC(=O)CNC(=O)C1CCCN1C(=O)C1CCC(=O)N1. The van der Waals surface area contributed by atoms with E-state index in [1.807, 2.05) is 0 Å². The molecule has 2 heterocycles. The van der Waals surface area contributed by atoms with Crippen LogP contribution < -0.4 is 16.4 Å². The predicted octanol–water partition coefficient (Wildman–Crippen LogP) is -2.14. The van der Waals surface area contributed by atoms with Gasteiger partial charge < -0.3 is 21.3 Å². The van der Waals surface area contributed by atoms with Crippen LogP contribution in [0.15, 0.2) is 0 Å². The summed E-state index contributed by atoms with van der Waals surface area (Å²) < 4.78 is 0. The van der Waals surface area contributed by atoms with Crippen LogP contribution in [0.3, 0.4) is 0 Å². The predicted molar refractivity (Wildman–Crippen MR) is 68.1 cm³/mol. The molecule has 0 saturated carbocycles. The highest BCUT2D eigenvalue weighted by Crippen LogP contribution is 2.20. The van der Waals surface area contributed by atoms with Gasteiger partial charge in [0.2, 0.25) is 23.6 Å². The zero-order valence-corrected chi connectivity index (χ0v) is 11.1. The van der Waals surface area contributed by atoms with Crippen molar-refractivity contribution in [1.29, 1.82) is 0 Å². The first-order valence-corrected chi connectivity index (χ1v) is 6.65. The van der Waals surface area contributed by atoms with Crippen molar-refractivity contribution in [2.45, 2.75) is 37.8 Å². The number of amides is 4. The van der Waals surface area contributed by atoms with E-state index in [0.717, 1.165) is 6.42 Å². The molecule has 2 saturated heterocycles. The van der Waals surface area contributed by atoms with Gasteiger partial charge in [0.1, 0.15) is 12.1 Å². The Balaban J connectivity index is 1.96. The third-order valence-corrected chi connectivity index (χ3v) is 3.57. The van der Waals surface area contributed by atoms with Crippen LogP contribution >= 0.6 is 0 Å². The molecule has 0 spiro atoms. The molecule has 2 aliphatic rings. The summed E-state index contributed by atoms with van der Waals surface area (Å²) in [5, 5.41) is 5.02. The lowest BCUT2D eigenvalue weighted by Gasteiger charge is -2.26. The smallest absolute Gasteiger partial charge is 0.245 e. The molecule has 2 atom stereocenters. The fourth-order valence-corrected chi connectivity index (χ4v) is 2.59. The van der Waals surface area contributed by atoms with Crippen LogP contribution in [0.2, 0.25) is 0 Å². The average Bonchev–Trinajstić information content (AvgIpc) is 3.03. The van der Waals surface area contributed by atoms with E-state index < -0.39 is 18.0 Å². The number of nitrogens with one attached hydrogen (secondary N) is 2. The Morgan fingerprint density at radius 1 is 1.35 bits per heavy atom. The maximum absolute atomic E-state index is 12.3. The summed E-state index contributed by atoms with van der Waals surface area (Å²) in [6, 6.07) is -1.12. The van der Waals surface area contributed by atoms with E-state index in [4.69, 9.17) is 5.73 Å². The number of carbonyl (C=O) groups excluding carboxylic acids is 4. The van der Waals surface area contributed by atoms with E-state index in [9.17, 15) is 19.2 Å². The van der Waals surface area contributed by atoms with Gasteiger partial charge in [-0.3, -0.25) is 19.2 Å². The Labute approximate surface area is 116 Å². The van der Waals surface area contributed by atoms with Gasteiger partial charge in [-0.2, -0.15) is 0 Å². The maximum atomic E-state index is 12.3. The molecule has 2 fully saturated rings. The number of nitrogens with two attached hydrogens (primary N) is 1. The molecule has 4 amide bonds. The van der Waals surface area contributed by atoms with Crippen molar-refractivity contribution in [1.82, 2.24) is 15.5 Å². The zero-order valence-electron chi connectivity index (χ0n) is 11.1. The molecule has 4 N–H and O–H groups in total. The monoisotopic (exact) mass is 282 g/mol. The fraction of sp³-hybridized carbons (Fsp3) is 0.667. The van der Waals surface area contributed by atoms with E-state index in [0.29, 0.717) is 25.8 Å². The van der Waals surface area contributed by atoms with Gasteiger partial charge in [0.05, 0.1) is 6.54 Å². The van der Waals surface area contributed by atoms with Crippen LogP contribution in [-0.2, 0) is 19.2 Å². The van der Waals surface area contributed by atoms with E-state index >= 15 is 0 Å². The topological polar surface area (TPSA) is 122 Å². The number of hydrogen-bond donors (Lipinski definition) is 3. The highest BCUT2D eigenvalue weighted by molar-refractivity contribution is 5.95. The average molecular weight is 282 g/mol. The number of likely N-dealkylation sites (tertiary alicyclic amines) is 1. The third-order valence-electron chi connectivity index (χ3n) is 3.57. The summed E-state index contributed by atoms with van der Waals surface area (Å²) in [6.45, 7) is 0.247. The third kappa shape index (κ3) is 3.06. The Morgan fingerprint density at radius 2 is 2.10 bits per heavy atom. The largest absolute Gasteiger partial charge is 0.368 e. The molecule has 8 heteroatoms. The molecular formula is C12H18N4O4. The Morgan fingerprint density at radius 3 is 2.70 bits per heavy atom. The molecule has 0 bridgehead atoms. The van der Waals surface area contributed by atoms with Crippen molar-refractivity contribution in [3.8, 4) is 0 Å². The van der Waals surface area contributed by atoms with Crippen LogP contribution in [0.25, 0.3) is 0 Å². The normalized spacial score (nSPS) is 25.4. The summed E-state index contributed by atoms with van der Waals surface area (Å²) in [5.74, 6) is -1.37. The highest BCUT2D eigenvalue weighted by Gasteiger charge is 2.39. The van der Waals surface area contributed by atoms with Gasteiger partial charge in [-0.25, -0.2) is 0 Å². The van der Waals surface area contributed by atoms with Crippen LogP contribution in [0.5, 0.6) is 0 Å². The molecule has 110 valence electrons. The number of primary amides is 1. The highest BCUT2D eigenvalue weighted by atomic mass is 16.2. The van der Waals surface area contributed by atoms with Crippen molar-refractivity contribution in [2.75, 3.05) is 13.1 Å². The van der Waals surface area contributed by atoms with Crippen molar-refractivity contribution >= 4 is 23.6 Å². The number of hydrogen-bond acceptors (Lipinski definition) is 4. The van der Waals surface area contributed by atoms with E-state index in [1.165, 1.54) is 4.90 Å². The first-order valence-electron chi connectivity index (χ1n) is 6.65. The molecule has 0 aliphatic carbocycles. The number of nitrogens with zero attached hydrogens (tertiary/aromatic N) is 1. The molecule has 2 aliphatic heterocycles. The summed E-state index contributed by atoms with van der Waals surface area (Å²) >= 11 is 0. The maximum Gasteiger partial charge on any atom is 0.245 e. The second-order valence-electron chi connectivity index (χ2n) is 5.03. The lowest BCUT2D eigenvalue weighted by Crippen LogP contribution is -2.52. The van der Waals surface area contributed by atoms with E-state index in [-0.39, 0.29) is 24.3 Å². The van der Waals surface area contributed by atoms with Crippen LogP contribution in [0.1, 0.15) is 25.7 Å². The quantitative estimate of drug-likeness (QED) is 0.544. The molecule has 20 heavy (non-hydrogen) atoms. The minimum absolute atomic E-state index is 0.141. The van der Waals surface area contributed by atoms with Crippen LogP contribution in [-0.4, -0.2) is 53.7 Å². The van der Waals surface area contributed by atoms with E-state index in [2.05, 4.69) is 10.6 Å². The van der Waals surface area contributed by atoms with Gasteiger partial charge >= 0.3 is 0 Å². The summed E-state index contributed by atoms with van der Waals surface area (Å²) in [6.07, 6.45) is 2.07.